The Morgan fingerprint density at radius 2 is 1.90 bits per heavy atom. The lowest BCUT2D eigenvalue weighted by Crippen LogP contribution is -2.37. The number of nitrogens with two attached hydrogens (primary N) is 1. The summed E-state index contributed by atoms with van der Waals surface area (Å²) >= 11 is 5.98. The number of rotatable bonds is 2. The Labute approximate surface area is 167 Å². The number of benzene rings is 1. The summed E-state index contributed by atoms with van der Waals surface area (Å²) in [6.07, 6.45) is -1.64. The molecule has 0 saturated carbocycles. The van der Waals surface area contributed by atoms with Crippen molar-refractivity contribution >= 4 is 17.4 Å². The maximum Gasteiger partial charge on any atom is 0.435 e. The number of hydrogen-bond donors (Lipinski definition) is 1. The van der Waals surface area contributed by atoms with E-state index in [-0.39, 0.29) is 23.6 Å². The SMILES string of the molecule is CC1(c2cc(-c3cncc(Cl)c3)ccc2F)N=C(N)Cn2nc(C(F)(F)F)cc21. The third-order valence-corrected chi connectivity index (χ3v) is 4.98. The highest BCUT2D eigenvalue weighted by Gasteiger charge is 2.42. The molecule has 0 fully saturated rings. The molecule has 1 atom stereocenters. The van der Waals surface area contributed by atoms with Crippen molar-refractivity contribution in [3.8, 4) is 11.1 Å². The molecule has 0 radical (unpaired) electrons. The number of pyridine rings is 1. The Hall–Kier alpha value is -2.94. The maximum absolute atomic E-state index is 14.9. The average Bonchev–Trinajstić information content (AvgIpc) is 3.07. The van der Waals surface area contributed by atoms with E-state index in [0.717, 1.165) is 10.7 Å². The first-order valence-electron chi connectivity index (χ1n) is 8.48. The molecule has 1 aliphatic heterocycles. The Morgan fingerprint density at radius 3 is 2.59 bits per heavy atom. The summed E-state index contributed by atoms with van der Waals surface area (Å²) in [6, 6.07) is 6.79. The van der Waals surface area contributed by atoms with E-state index in [2.05, 4.69) is 15.1 Å². The highest BCUT2D eigenvalue weighted by molar-refractivity contribution is 6.30. The van der Waals surface area contributed by atoms with Gasteiger partial charge >= 0.3 is 6.18 Å². The molecule has 1 aromatic carbocycles. The van der Waals surface area contributed by atoms with Gasteiger partial charge in [-0.2, -0.15) is 18.3 Å². The minimum atomic E-state index is -4.65. The summed E-state index contributed by atoms with van der Waals surface area (Å²) in [5.74, 6) is -0.586. The van der Waals surface area contributed by atoms with Crippen molar-refractivity contribution in [3.05, 3.63) is 70.5 Å². The molecule has 150 valence electrons. The van der Waals surface area contributed by atoms with Crippen LogP contribution in [-0.4, -0.2) is 20.6 Å². The van der Waals surface area contributed by atoms with Gasteiger partial charge in [-0.25, -0.2) is 4.39 Å². The van der Waals surface area contributed by atoms with Gasteiger partial charge in [0, 0.05) is 23.5 Å². The van der Waals surface area contributed by atoms with Crippen molar-refractivity contribution in [1.82, 2.24) is 14.8 Å². The number of fused-ring (bicyclic) bond motifs is 1. The molecule has 10 heteroatoms. The van der Waals surface area contributed by atoms with Crippen LogP contribution in [0.15, 0.2) is 47.7 Å². The number of alkyl halides is 3. The Morgan fingerprint density at radius 1 is 1.14 bits per heavy atom. The largest absolute Gasteiger partial charge is 0.435 e. The zero-order chi connectivity index (χ0) is 21.0. The zero-order valence-corrected chi connectivity index (χ0v) is 15.8. The summed E-state index contributed by atoms with van der Waals surface area (Å²) in [4.78, 5) is 8.33. The molecular formula is C19H14ClF4N5. The maximum atomic E-state index is 14.9. The fraction of sp³-hybridized carbons (Fsp3) is 0.211. The third-order valence-electron chi connectivity index (χ3n) is 4.78. The molecular weight excluding hydrogens is 410 g/mol. The molecule has 5 nitrogen and oxygen atoms in total. The van der Waals surface area contributed by atoms with Crippen LogP contribution in [0, 0.1) is 5.82 Å². The van der Waals surface area contributed by atoms with Gasteiger partial charge in [-0.15, -0.1) is 0 Å². The molecule has 29 heavy (non-hydrogen) atoms. The monoisotopic (exact) mass is 423 g/mol. The van der Waals surface area contributed by atoms with Crippen LogP contribution >= 0.6 is 11.6 Å². The molecule has 0 aliphatic carbocycles. The van der Waals surface area contributed by atoms with Crippen molar-refractivity contribution < 1.29 is 17.6 Å². The summed E-state index contributed by atoms with van der Waals surface area (Å²) < 4.78 is 55.5. The van der Waals surface area contributed by atoms with Gasteiger partial charge in [-0.3, -0.25) is 14.7 Å². The number of halogens is 5. The predicted octanol–water partition coefficient (Wildman–Crippen LogP) is 4.39. The van der Waals surface area contributed by atoms with Gasteiger partial charge in [0.2, 0.25) is 0 Å². The number of hydrogen-bond acceptors (Lipinski definition) is 4. The van der Waals surface area contributed by atoms with Crippen LogP contribution in [0.4, 0.5) is 17.6 Å². The van der Waals surface area contributed by atoms with E-state index in [9.17, 15) is 17.6 Å². The van der Waals surface area contributed by atoms with Crippen molar-refractivity contribution in [2.75, 3.05) is 0 Å². The Bertz CT molecular complexity index is 1140. The number of amidine groups is 1. The molecule has 2 aromatic heterocycles. The van der Waals surface area contributed by atoms with E-state index in [0.29, 0.717) is 16.1 Å². The van der Waals surface area contributed by atoms with Crippen molar-refractivity contribution in [1.29, 1.82) is 0 Å². The fourth-order valence-corrected chi connectivity index (χ4v) is 3.62. The van der Waals surface area contributed by atoms with Crippen LogP contribution < -0.4 is 5.73 Å². The van der Waals surface area contributed by atoms with Gasteiger partial charge in [-0.05, 0) is 36.8 Å². The van der Waals surface area contributed by atoms with Gasteiger partial charge in [0.25, 0.3) is 0 Å². The lowest BCUT2D eigenvalue weighted by Gasteiger charge is -2.31. The average molecular weight is 424 g/mol. The predicted molar refractivity (Wildman–Crippen MR) is 99.9 cm³/mol. The summed E-state index contributed by atoms with van der Waals surface area (Å²) in [5, 5.41) is 3.99. The standard InChI is InChI=1S/C19H14ClF4N5/c1-18(16-6-15(19(22,23)24)28-29(16)9-17(25)27-18)13-5-10(2-3-14(13)21)11-4-12(20)8-26-7-11/h2-8H,9H2,1H3,(H2,25,27). The normalized spacial score (nSPS) is 19.0. The van der Waals surface area contributed by atoms with Crippen LogP contribution in [-0.2, 0) is 18.3 Å². The first kappa shape index (κ1) is 19.4. The second-order valence-electron chi connectivity index (χ2n) is 6.83. The zero-order valence-electron chi connectivity index (χ0n) is 15.0. The van der Waals surface area contributed by atoms with Gasteiger partial charge < -0.3 is 5.73 Å². The number of nitrogens with zero attached hydrogens (tertiary/aromatic N) is 4. The first-order valence-corrected chi connectivity index (χ1v) is 8.86. The quantitative estimate of drug-likeness (QED) is 0.621. The Balaban J connectivity index is 1.91. The molecule has 1 unspecified atom stereocenters. The van der Waals surface area contributed by atoms with Gasteiger partial charge in [0.05, 0.1) is 17.3 Å². The third kappa shape index (κ3) is 3.35. The lowest BCUT2D eigenvalue weighted by atomic mass is 9.85. The van der Waals surface area contributed by atoms with Gasteiger partial charge in [0.1, 0.15) is 17.2 Å². The summed E-state index contributed by atoms with van der Waals surface area (Å²) in [7, 11) is 0. The van der Waals surface area contributed by atoms with Crippen LogP contribution in [0.5, 0.6) is 0 Å². The van der Waals surface area contributed by atoms with E-state index in [1.54, 1.807) is 12.3 Å². The van der Waals surface area contributed by atoms with E-state index in [1.165, 1.54) is 31.3 Å². The van der Waals surface area contributed by atoms with Crippen LogP contribution in [0.2, 0.25) is 5.02 Å². The molecule has 0 spiro atoms. The van der Waals surface area contributed by atoms with Gasteiger partial charge in [-0.1, -0.05) is 17.7 Å². The van der Waals surface area contributed by atoms with Crippen molar-refractivity contribution in [2.24, 2.45) is 10.7 Å². The van der Waals surface area contributed by atoms with E-state index < -0.39 is 23.2 Å². The minimum absolute atomic E-state index is 0.0473. The minimum Gasteiger partial charge on any atom is -0.386 e. The van der Waals surface area contributed by atoms with Crippen molar-refractivity contribution in [2.45, 2.75) is 25.2 Å². The molecule has 0 bridgehead atoms. The smallest absolute Gasteiger partial charge is 0.386 e. The molecule has 3 heterocycles. The van der Waals surface area contributed by atoms with Crippen LogP contribution in [0.3, 0.4) is 0 Å². The second-order valence-corrected chi connectivity index (χ2v) is 7.27. The second kappa shape index (κ2) is 6.55. The molecule has 2 N–H and O–H groups in total. The highest BCUT2D eigenvalue weighted by Crippen LogP contribution is 2.41. The molecule has 1 aliphatic rings. The molecule has 3 aromatic rings. The highest BCUT2D eigenvalue weighted by atomic mass is 35.5. The van der Waals surface area contributed by atoms with E-state index in [4.69, 9.17) is 17.3 Å². The Kier molecular flexibility index (Phi) is 4.38. The lowest BCUT2D eigenvalue weighted by molar-refractivity contribution is -0.141. The van der Waals surface area contributed by atoms with Gasteiger partial charge in [0.15, 0.2) is 5.69 Å². The fourth-order valence-electron chi connectivity index (χ4n) is 3.45. The molecule has 4 rings (SSSR count). The van der Waals surface area contributed by atoms with Crippen LogP contribution in [0.1, 0.15) is 23.9 Å². The topological polar surface area (TPSA) is 69.1 Å². The van der Waals surface area contributed by atoms with Crippen LogP contribution in [0.25, 0.3) is 11.1 Å². The summed E-state index contributed by atoms with van der Waals surface area (Å²) in [6.45, 7) is 1.39. The molecule has 0 saturated heterocycles. The first-order chi connectivity index (χ1) is 13.6. The van der Waals surface area contributed by atoms with Crippen molar-refractivity contribution in [3.63, 3.8) is 0 Å². The van der Waals surface area contributed by atoms with E-state index in [1.807, 2.05) is 0 Å². The summed E-state index contributed by atoms with van der Waals surface area (Å²) in [5.41, 5.74) is 4.64. The number of aliphatic imine (C=N–C) groups is 1. The van der Waals surface area contributed by atoms with E-state index >= 15 is 0 Å². The number of aromatic nitrogens is 3. The molecule has 0 amide bonds.